The molecule has 1 amide bonds. The second-order valence-corrected chi connectivity index (χ2v) is 9.78. The summed E-state index contributed by atoms with van der Waals surface area (Å²) in [6.07, 6.45) is 2.30. The zero-order valence-electron chi connectivity index (χ0n) is 20.1. The molecule has 0 saturated carbocycles. The van der Waals surface area contributed by atoms with Crippen molar-refractivity contribution < 1.29 is 14.7 Å². The molecule has 184 valence electrons. The van der Waals surface area contributed by atoms with Gasteiger partial charge in [0.1, 0.15) is 0 Å². The summed E-state index contributed by atoms with van der Waals surface area (Å²) in [6.45, 7) is 3.36. The number of fused-ring (bicyclic) bond motifs is 1. The highest BCUT2D eigenvalue weighted by molar-refractivity contribution is 6.31. The molecule has 6 nitrogen and oxygen atoms in total. The first kappa shape index (κ1) is 25.4. The van der Waals surface area contributed by atoms with Crippen molar-refractivity contribution in [3.05, 3.63) is 111 Å². The lowest BCUT2D eigenvalue weighted by Gasteiger charge is -2.16. The molecule has 0 aliphatic heterocycles. The molecule has 0 atom stereocenters. The lowest BCUT2D eigenvalue weighted by atomic mass is 9.97. The lowest BCUT2D eigenvalue weighted by Crippen LogP contribution is -2.27. The van der Waals surface area contributed by atoms with Gasteiger partial charge in [-0.1, -0.05) is 41.9 Å². The average Bonchev–Trinajstić information content (AvgIpc) is 2.87. The highest BCUT2D eigenvalue weighted by Gasteiger charge is 2.17. The molecular weight excluding hydrogens is 476 g/mol. The Kier molecular flexibility index (Phi) is 7.38. The normalized spacial score (nSPS) is 11.4. The van der Waals surface area contributed by atoms with E-state index in [2.05, 4.69) is 5.32 Å². The van der Waals surface area contributed by atoms with Gasteiger partial charge >= 0.3 is 0 Å². The van der Waals surface area contributed by atoms with E-state index >= 15 is 0 Å². The van der Waals surface area contributed by atoms with Crippen LogP contribution in [0, 0.1) is 0 Å². The van der Waals surface area contributed by atoms with Crippen molar-refractivity contribution in [1.82, 2.24) is 9.88 Å². The first-order chi connectivity index (χ1) is 17.1. The maximum Gasteiger partial charge on any atom is 0.251 e. The number of para-hydroxylation sites is 1. The number of hydrogen-bond acceptors (Lipinski definition) is 4. The number of carbonyl (C=O) groups is 2. The summed E-state index contributed by atoms with van der Waals surface area (Å²) in [5.41, 5.74) is 1.74. The van der Waals surface area contributed by atoms with Crippen molar-refractivity contribution >= 4 is 34.2 Å². The van der Waals surface area contributed by atoms with Crippen LogP contribution in [-0.2, 0) is 6.54 Å². The molecule has 0 aliphatic carbocycles. The smallest absolute Gasteiger partial charge is 0.251 e. The number of aromatic nitrogens is 1. The molecule has 3 aromatic carbocycles. The molecule has 0 radical (unpaired) electrons. The average molecular weight is 503 g/mol. The van der Waals surface area contributed by atoms with Crippen LogP contribution >= 0.6 is 11.6 Å². The van der Waals surface area contributed by atoms with Crippen molar-refractivity contribution in [2.45, 2.75) is 38.8 Å². The van der Waals surface area contributed by atoms with E-state index in [4.69, 9.17) is 11.6 Å². The molecule has 1 aromatic heterocycles. The molecule has 0 aliphatic rings. The fourth-order valence-electron chi connectivity index (χ4n) is 3.93. The van der Waals surface area contributed by atoms with Crippen molar-refractivity contribution in [2.24, 2.45) is 0 Å². The van der Waals surface area contributed by atoms with E-state index in [1.165, 1.54) is 0 Å². The van der Waals surface area contributed by atoms with Crippen LogP contribution in [-0.4, -0.2) is 27.0 Å². The number of ketones is 1. The monoisotopic (exact) mass is 502 g/mol. The first-order valence-corrected chi connectivity index (χ1v) is 12.0. The number of nitrogens with one attached hydrogen (secondary N) is 1. The molecule has 7 heteroatoms. The summed E-state index contributed by atoms with van der Waals surface area (Å²) in [7, 11) is 0. The molecule has 36 heavy (non-hydrogen) atoms. The molecule has 4 rings (SSSR count). The Morgan fingerprint density at radius 2 is 1.64 bits per heavy atom. The van der Waals surface area contributed by atoms with E-state index in [-0.39, 0.29) is 30.1 Å². The Morgan fingerprint density at radius 1 is 0.972 bits per heavy atom. The summed E-state index contributed by atoms with van der Waals surface area (Å²) >= 11 is 6.20. The Hall–Kier alpha value is -3.74. The number of pyridine rings is 1. The van der Waals surface area contributed by atoms with Crippen LogP contribution in [0.4, 0.5) is 0 Å². The van der Waals surface area contributed by atoms with E-state index in [0.29, 0.717) is 39.0 Å². The number of carbonyl (C=O) groups excluding carboxylic acids is 2. The summed E-state index contributed by atoms with van der Waals surface area (Å²) in [6, 6.07) is 21.1. The van der Waals surface area contributed by atoms with Crippen LogP contribution in [0.5, 0.6) is 0 Å². The van der Waals surface area contributed by atoms with Crippen LogP contribution in [0.15, 0.2) is 83.8 Å². The number of benzene rings is 3. The maximum atomic E-state index is 13.2. The zero-order valence-corrected chi connectivity index (χ0v) is 20.9. The molecule has 0 saturated heterocycles. The molecule has 0 spiro atoms. The topological polar surface area (TPSA) is 88.4 Å². The second-order valence-electron chi connectivity index (χ2n) is 9.35. The van der Waals surface area contributed by atoms with Crippen LogP contribution in [0.3, 0.4) is 0 Å². The van der Waals surface area contributed by atoms with Crippen molar-refractivity contribution in [2.75, 3.05) is 0 Å². The van der Waals surface area contributed by atoms with Crippen molar-refractivity contribution in [1.29, 1.82) is 0 Å². The van der Waals surface area contributed by atoms with E-state index in [9.17, 15) is 19.5 Å². The number of nitrogens with zero attached hydrogens (tertiary/aromatic N) is 1. The largest absolute Gasteiger partial charge is 0.390 e. The van der Waals surface area contributed by atoms with Gasteiger partial charge in [0.15, 0.2) is 11.2 Å². The maximum absolute atomic E-state index is 13.2. The van der Waals surface area contributed by atoms with Crippen LogP contribution < -0.4 is 10.7 Å². The Balaban J connectivity index is 1.54. The molecule has 4 aromatic rings. The Labute approximate surface area is 214 Å². The van der Waals surface area contributed by atoms with Crippen LogP contribution in [0.25, 0.3) is 16.6 Å². The third kappa shape index (κ3) is 5.90. The standard InChI is InChI=1S/C29H27ClN2O4/c1-29(2,36)15-14-26(33)19-8-10-20(11-9-19)28(35)31-17-21-18-32(23-6-4-3-5-7-23)25-16-22(30)12-13-24(25)27(21)34/h3-13,16,18,36H,14-15,17H2,1-2H3,(H,31,35). The first-order valence-electron chi connectivity index (χ1n) is 11.7. The van der Waals surface area contributed by atoms with Gasteiger partial charge in [0.2, 0.25) is 0 Å². The minimum Gasteiger partial charge on any atom is -0.390 e. The van der Waals surface area contributed by atoms with Crippen molar-refractivity contribution in [3.63, 3.8) is 0 Å². The fraction of sp³-hybridized carbons (Fsp3) is 0.207. The second kappa shape index (κ2) is 10.5. The predicted octanol–water partition coefficient (Wildman–Crippen LogP) is 5.31. The number of aliphatic hydroxyl groups is 1. The third-order valence-corrected chi connectivity index (χ3v) is 6.18. The van der Waals surface area contributed by atoms with Crippen LogP contribution in [0.2, 0.25) is 5.02 Å². The Bertz CT molecular complexity index is 1470. The molecule has 2 N–H and O–H groups in total. The fourth-order valence-corrected chi connectivity index (χ4v) is 4.10. The highest BCUT2D eigenvalue weighted by Crippen LogP contribution is 2.21. The van der Waals surface area contributed by atoms with E-state index < -0.39 is 5.60 Å². The molecule has 0 bridgehead atoms. The van der Waals surface area contributed by atoms with Crippen LogP contribution in [0.1, 0.15) is 53.0 Å². The SMILES string of the molecule is CC(C)(O)CCC(=O)c1ccc(C(=O)NCc2cn(-c3ccccc3)c3cc(Cl)ccc3c2=O)cc1. The van der Waals surface area contributed by atoms with E-state index in [1.807, 2.05) is 34.9 Å². The Morgan fingerprint density at radius 3 is 2.31 bits per heavy atom. The van der Waals surface area contributed by atoms with Gasteiger partial charge in [-0.2, -0.15) is 0 Å². The lowest BCUT2D eigenvalue weighted by molar-refractivity contribution is 0.0633. The summed E-state index contributed by atoms with van der Waals surface area (Å²) in [5, 5.41) is 13.7. The summed E-state index contributed by atoms with van der Waals surface area (Å²) in [4.78, 5) is 38.3. The number of rotatable bonds is 8. The molecule has 1 heterocycles. The summed E-state index contributed by atoms with van der Waals surface area (Å²) in [5.74, 6) is -0.450. The molecule has 0 unspecified atom stereocenters. The van der Waals surface area contributed by atoms with Gasteiger partial charge < -0.3 is 15.0 Å². The third-order valence-electron chi connectivity index (χ3n) is 5.95. The predicted molar refractivity (Wildman–Crippen MR) is 142 cm³/mol. The van der Waals surface area contributed by atoms with E-state index in [1.54, 1.807) is 62.5 Å². The van der Waals surface area contributed by atoms with Gasteiger partial charge in [0, 0.05) is 51.9 Å². The molecule has 0 fully saturated rings. The van der Waals surface area contributed by atoms with Crippen molar-refractivity contribution in [3.8, 4) is 5.69 Å². The quantitative estimate of drug-likeness (QED) is 0.320. The zero-order chi connectivity index (χ0) is 25.9. The summed E-state index contributed by atoms with van der Waals surface area (Å²) < 4.78 is 1.89. The number of Topliss-reactive ketones (excluding diaryl/α,β-unsaturated/α-hetero) is 1. The minimum absolute atomic E-state index is 0.0370. The number of halogens is 1. The highest BCUT2D eigenvalue weighted by atomic mass is 35.5. The number of hydrogen-bond donors (Lipinski definition) is 2. The minimum atomic E-state index is -0.913. The number of amides is 1. The van der Waals surface area contributed by atoms with Gasteiger partial charge in [0.05, 0.1) is 11.1 Å². The van der Waals surface area contributed by atoms with Gasteiger partial charge in [-0.05, 0) is 62.7 Å². The van der Waals surface area contributed by atoms with Gasteiger partial charge in [0.25, 0.3) is 5.91 Å². The van der Waals surface area contributed by atoms with Gasteiger partial charge in [-0.15, -0.1) is 0 Å². The van der Waals surface area contributed by atoms with Gasteiger partial charge in [-0.3, -0.25) is 14.4 Å². The van der Waals surface area contributed by atoms with E-state index in [0.717, 1.165) is 5.69 Å². The molecular formula is C29H27ClN2O4. The van der Waals surface area contributed by atoms with Gasteiger partial charge in [-0.25, -0.2) is 0 Å².